The highest BCUT2D eigenvalue weighted by atomic mass is 16.3. The van der Waals surface area contributed by atoms with Crippen molar-refractivity contribution in [1.29, 1.82) is 0 Å². The van der Waals surface area contributed by atoms with Gasteiger partial charge in [-0.25, -0.2) is 0 Å². The molecule has 1 unspecified atom stereocenters. The summed E-state index contributed by atoms with van der Waals surface area (Å²) >= 11 is 0. The molecule has 0 spiro atoms. The van der Waals surface area contributed by atoms with Crippen molar-refractivity contribution in [2.45, 2.75) is 83.8 Å². The Kier molecular flexibility index (Phi) is 3.72. The first-order valence-electron chi connectivity index (χ1n) is 9.88. The first kappa shape index (κ1) is 16.7. The van der Waals surface area contributed by atoms with E-state index in [0.29, 0.717) is 11.8 Å². The molecule has 0 radical (unpaired) electrons. The molecule has 0 aromatic heterocycles. The molecule has 132 valence electrons. The van der Waals surface area contributed by atoms with E-state index in [1.807, 2.05) is 6.92 Å². The predicted molar refractivity (Wildman–Crippen MR) is 96.1 cm³/mol. The number of hydrogen-bond donors (Lipinski definition) is 2. The first-order valence-corrected chi connectivity index (χ1v) is 9.88. The Balaban J connectivity index is 1.69. The fraction of sp³-hybridized carbons (Fsp3) is 0.818. The van der Waals surface area contributed by atoms with Crippen LogP contribution in [0.25, 0.3) is 0 Å². The van der Waals surface area contributed by atoms with Gasteiger partial charge in [0.2, 0.25) is 0 Å². The average Bonchev–Trinajstić information content (AvgIpc) is 2.80. The highest BCUT2D eigenvalue weighted by Crippen LogP contribution is 2.66. The summed E-state index contributed by atoms with van der Waals surface area (Å²) in [5, 5.41) is 21.3. The second kappa shape index (κ2) is 5.36. The van der Waals surface area contributed by atoms with Crippen LogP contribution in [-0.2, 0) is 0 Å². The van der Waals surface area contributed by atoms with Crippen LogP contribution in [0.2, 0.25) is 0 Å². The molecule has 2 nitrogen and oxygen atoms in total. The van der Waals surface area contributed by atoms with Crippen LogP contribution in [-0.4, -0.2) is 21.9 Å². The van der Waals surface area contributed by atoms with Gasteiger partial charge in [-0.05, 0) is 81.5 Å². The zero-order chi connectivity index (χ0) is 17.2. The number of aliphatic hydroxyl groups is 2. The molecule has 7 atom stereocenters. The maximum atomic E-state index is 11.2. The van der Waals surface area contributed by atoms with Gasteiger partial charge in [0.15, 0.2) is 0 Å². The molecule has 0 aromatic carbocycles. The van der Waals surface area contributed by atoms with Crippen LogP contribution in [0.15, 0.2) is 11.6 Å². The quantitative estimate of drug-likeness (QED) is 0.520. The fourth-order valence-corrected chi connectivity index (χ4v) is 7.07. The molecular weight excluding hydrogens is 296 g/mol. The Morgan fingerprint density at radius 2 is 1.83 bits per heavy atom. The summed E-state index contributed by atoms with van der Waals surface area (Å²) in [6, 6.07) is 0. The van der Waals surface area contributed by atoms with E-state index in [-0.39, 0.29) is 16.9 Å². The summed E-state index contributed by atoms with van der Waals surface area (Å²) in [7, 11) is 0. The van der Waals surface area contributed by atoms with Gasteiger partial charge in [-0.1, -0.05) is 31.4 Å². The number of allylic oxidation sites excluding steroid dienone is 1. The molecule has 0 saturated heterocycles. The molecule has 24 heavy (non-hydrogen) atoms. The number of hydrogen-bond acceptors (Lipinski definition) is 2. The Hall–Kier alpha value is -0.780. The SMILES string of the molecule is CC#C[C@]1(O)CC[C@H]2[C@@H]3CC=C4CC(O)CC[C@]4(C)[C@H]3CC[C@@]21C. The minimum Gasteiger partial charge on any atom is -0.393 e. The summed E-state index contributed by atoms with van der Waals surface area (Å²) in [5.74, 6) is 8.17. The molecule has 4 aliphatic rings. The van der Waals surface area contributed by atoms with E-state index < -0.39 is 5.60 Å². The highest BCUT2D eigenvalue weighted by molar-refractivity contribution is 5.29. The topological polar surface area (TPSA) is 40.5 Å². The lowest BCUT2D eigenvalue weighted by atomic mass is 9.47. The Morgan fingerprint density at radius 1 is 1.08 bits per heavy atom. The summed E-state index contributed by atoms with van der Waals surface area (Å²) in [4.78, 5) is 0. The molecule has 0 aromatic rings. The molecule has 4 aliphatic carbocycles. The van der Waals surface area contributed by atoms with Crippen LogP contribution < -0.4 is 0 Å². The maximum absolute atomic E-state index is 11.2. The van der Waals surface area contributed by atoms with E-state index in [0.717, 1.165) is 50.9 Å². The van der Waals surface area contributed by atoms with E-state index in [2.05, 4.69) is 31.8 Å². The summed E-state index contributed by atoms with van der Waals surface area (Å²) < 4.78 is 0. The molecule has 4 rings (SSSR count). The van der Waals surface area contributed by atoms with Crippen LogP contribution in [0.3, 0.4) is 0 Å². The standard InChI is InChI=1S/C22H32O2/c1-4-10-22(24)13-9-19-17-6-5-15-14-16(23)7-11-20(15,2)18(17)8-12-21(19,22)3/h5,16-19,23-24H,6-9,11-14H2,1-3H3/t16?,17-,18+,19+,20+,21+,22+/m1/s1. The molecule has 0 amide bonds. The van der Waals surface area contributed by atoms with Gasteiger partial charge in [0.05, 0.1) is 6.10 Å². The van der Waals surface area contributed by atoms with Crippen molar-refractivity contribution in [3.63, 3.8) is 0 Å². The Bertz CT molecular complexity index is 626. The average molecular weight is 328 g/mol. The second-order valence-electron chi connectivity index (χ2n) is 9.39. The predicted octanol–water partition coefficient (Wildman–Crippen LogP) is 4.06. The molecule has 3 fully saturated rings. The third-order valence-corrected chi connectivity index (χ3v) is 8.56. The maximum Gasteiger partial charge on any atom is 0.131 e. The van der Waals surface area contributed by atoms with Crippen molar-refractivity contribution >= 4 is 0 Å². The van der Waals surface area contributed by atoms with Gasteiger partial charge in [0, 0.05) is 5.41 Å². The summed E-state index contributed by atoms with van der Waals surface area (Å²) in [6.45, 7) is 6.61. The summed E-state index contributed by atoms with van der Waals surface area (Å²) in [5.41, 5.74) is 0.964. The number of aliphatic hydroxyl groups excluding tert-OH is 1. The van der Waals surface area contributed by atoms with Gasteiger partial charge in [0.1, 0.15) is 5.60 Å². The molecule has 0 aliphatic heterocycles. The van der Waals surface area contributed by atoms with Gasteiger partial charge in [0.25, 0.3) is 0 Å². The smallest absolute Gasteiger partial charge is 0.131 e. The monoisotopic (exact) mass is 328 g/mol. The number of rotatable bonds is 0. The van der Waals surface area contributed by atoms with E-state index >= 15 is 0 Å². The molecular formula is C22H32O2. The lowest BCUT2D eigenvalue weighted by Crippen LogP contribution is -2.54. The van der Waals surface area contributed by atoms with Crippen LogP contribution in [0.5, 0.6) is 0 Å². The van der Waals surface area contributed by atoms with Gasteiger partial charge >= 0.3 is 0 Å². The van der Waals surface area contributed by atoms with E-state index in [1.54, 1.807) is 0 Å². The molecule has 2 heteroatoms. The van der Waals surface area contributed by atoms with Crippen LogP contribution in [0.1, 0.15) is 72.1 Å². The van der Waals surface area contributed by atoms with E-state index in [1.165, 1.54) is 12.0 Å². The van der Waals surface area contributed by atoms with Gasteiger partial charge in [-0.2, -0.15) is 0 Å². The largest absolute Gasteiger partial charge is 0.393 e. The van der Waals surface area contributed by atoms with Crippen molar-refractivity contribution < 1.29 is 10.2 Å². The molecule has 2 N–H and O–H groups in total. The van der Waals surface area contributed by atoms with Crippen LogP contribution >= 0.6 is 0 Å². The number of fused-ring (bicyclic) bond motifs is 5. The van der Waals surface area contributed by atoms with Crippen molar-refractivity contribution in [3.8, 4) is 11.8 Å². The minimum atomic E-state index is -0.787. The van der Waals surface area contributed by atoms with Crippen LogP contribution in [0, 0.1) is 40.4 Å². The van der Waals surface area contributed by atoms with Crippen molar-refractivity contribution in [3.05, 3.63) is 11.6 Å². The summed E-state index contributed by atoms with van der Waals surface area (Å²) in [6.07, 6.45) is 10.7. The first-order chi connectivity index (χ1) is 11.3. The van der Waals surface area contributed by atoms with Crippen molar-refractivity contribution in [2.75, 3.05) is 0 Å². The fourth-order valence-electron chi connectivity index (χ4n) is 7.07. The minimum absolute atomic E-state index is 0.0486. The lowest BCUT2D eigenvalue weighted by Gasteiger charge is -2.58. The molecule has 0 heterocycles. The van der Waals surface area contributed by atoms with Gasteiger partial charge in [-0.15, -0.1) is 5.92 Å². The third-order valence-electron chi connectivity index (χ3n) is 8.56. The Labute approximate surface area is 146 Å². The zero-order valence-corrected chi connectivity index (χ0v) is 15.4. The van der Waals surface area contributed by atoms with Crippen molar-refractivity contribution in [1.82, 2.24) is 0 Å². The van der Waals surface area contributed by atoms with Crippen LogP contribution in [0.4, 0.5) is 0 Å². The Morgan fingerprint density at radius 3 is 2.58 bits per heavy atom. The zero-order valence-electron chi connectivity index (χ0n) is 15.4. The van der Waals surface area contributed by atoms with Crippen molar-refractivity contribution in [2.24, 2.45) is 28.6 Å². The molecule has 0 bridgehead atoms. The van der Waals surface area contributed by atoms with Gasteiger partial charge in [-0.3, -0.25) is 0 Å². The third kappa shape index (κ3) is 2.04. The highest BCUT2D eigenvalue weighted by Gasteiger charge is 2.63. The second-order valence-corrected chi connectivity index (χ2v) is 9.39. The molecule has 3 saturated carbocycles. The van der Waals surface area contributed by atoms with E-state index in [4.69, 9.17) is 0 Å². The van der Waals surface area contributed by atoms with Gasteiger partial charge < -0.3 is 10.2 Å². The normalized spacial score (nSPS) is 53.1. The lowest BCUT2D eigenvalue weighted by molar-refractivity contribution is -0.0970. The van der Waals surface area contributed by atoms with E-state index in [9.17, 15) is 10.2 Å².